The minimum atomic E-state index is -5.17. The van der Waals surface area contributed by atoms with Gasteiger partial charge in [-0.3, -0.25) is 25.3 Å². The van der Waals surface area contributed by atoms with Crippen molar-refractivity contribution in [3.63, 3.8) is 0 Å². The van der Waals surface area contributed by atoms with Gasteiger partial charge in [-0.05, 0) is 0 Å². The van der Waals surface area contributed by atoms with Gasteiger partial charge >= 0.3 is 135 Å². The molecule has 0 aliphatic rings. The normalized spacial score (nSPS) is 8.70. The van der Waals surface area contributed by atoms with E-state index in [-0.39, 0.29) is 135 Å². The van der Waals surface area contributed by atoms with Crippen molar-refractivity contribution in [3.05, 3.63) is 0 Å². The number of hydrogen-bond donors (Lipinski definition) is 0. The Balaban J connectivity index is -0.0000000160. The first-order valence-electron chi connectivity index (χ1n) is 2.00. The van der Waals surface area contributed by atoms with Crippen LogP contribution in [0, 0.1) is 0 Å². The van der Waals surface area contributed by atoms with Gasteiger partial charge in [0.15, 0.2) is 0 Å². The van der Waals surface area contributed by atoms with Crippen molar-refractivity contribution in [2.45, 2.75) is 0 Å². The molecule has 0 aromatic rings. The van der Waals surface area contributed by atoms with E-state index >= 15 is 0 Å². The third-order valence-electron chi connectivity index (χ3n) is 0. The van der Waals surface area contributed by atoms with E-state index in [1.54, 1.807) is 0 Å². The molecule has 0 aliphatic carbocycles. The Morgan fingerprint density at radius 3 is 0.400 bits per heavy atom. The van der Waals surface area contributed by atoms with Crippen molar-refractivity contribution in [3.8, 4) is 0 Å². The van der Waals surface area contributed by atoms with Gasteiger partial charge in [-0.2, -0.15) is 0 Å². The first kappa shape index (κ1) is 49.6. The summed E-state index contributed by atoms with van der Waals surface area (Å²) in [5, 5.41) is 0. The Morgan fingerprint density at radius 1 is 0.400 bits per heavy atom. The van der Waals surface area contributed by atoms with E-state index in [1.807, 2.05) is 0 Å². The molecule has 0 rings (SSSR count). The second-order valence-corrected chi connectivity index (χ2v) is 3.67. The molecule has 0 saturated carbocycles. The predicted molar refractivity (Wildman–Crippen MR) is 31.4 cm³/mol. The largest absolute Gasteiger partial charge is 2.00 e. The van der Waals surface area contributed by atoms with E-state index in [9.17, 15) is 0 Å². The predicted octanol–water partition coefficient (Wildman–Crippen LogP) is -16.0. The van der Waals surface area contributed by atoms with Crippen molar-refractivity contribution < 1.29 is 188 Å². The summed E-state index contributed by atoms with van der Waals surface area (Å²) in [5.41, 5.74) is 0. The molecule has 0 aromatic carbocycles. The van der Waals surface area contributed by atoms with Gasteiger partial charge in [0, 0.05) is 31.2 Å². The third-order valence-corrected chi connectivity index (χ3v) is 0. The average molecular weight is 444 g/mol. The van der Waals surface area contributed by atoms with Gasteiger partial charge < -0.3 is 27.3 Å². The Kier molecular flexibility index (Phi) is 57.4. The minimum absolute atomic E-state index is 0. The van der Waals surface area contributed by atoms with Crippen molar-refractivity contribution in [1.82, 2.24) is 0 Å². The van der Waals surface area contributed by atoms with E-state index in [0.717, 1.165) is 0 Å². The molecule has 105 valence electrons. The molecule has 0 amide bonds. The maximum Gasteiger partial charge on any atom is 2.00 e. The Hall–Kier alpha value is 4.13. The first-order chi connectivity index (χ1) is 6.00. The molecule has 0 fully saturated rings. The molecular formula is CuNa4O12S3. The van der Waals surface area contributed by atoms with Crippen molar-refractivity contribution in [1.29, 1.82) is 0 Å². The summed E-state index contributed by atoms with van der Waals surface area (Å²) in [5.74, 6) is 0. The molecule has 0 spiro atoms. The fourth-order valence-electron chi connectivity index (χ4n) is 0. The molecule has 0 N–H and O–H groups in total. The quantitative estimate of drug-likeness (QED) is 0.192. The van der Waals surface area contributed by atoms with Crippen molar-refractivity contribution in [2.24, 2.45) is 0 Å². The fourth-order valence-corrected chi connectivity index (χ4v) is 0. The molecule has 0 unspecified atom stereocenters. The van der Waals surface area contributed by atoms with Gasteiger partial charge in [-0.1, -0.05) is 0 Å². The molecular weight excluding hydrogens is 444 g/mol. The van der Waals surface area contributed by atoms with Crippen molar-refractivity contribution >= 4 is 31.2 Å². The van der Waals surface area contributed by atoms with Gasteiger partial charge in [-0.25, -0.2) is 0 Å². The second-order valence-electron chi connectivity index (χ2n) is 1.22. The Bertz CT molecular complexity index is 352. The summed E-state index contributed by atoms with van der Waals surface area (Å²) in [6.45, 7) is 0. The van der Waals surface area contributed by atoms with Gasteiger partial charge in [0.1, 0.15) is 0 Å². The first-order valence-corrected chi connectivity index (χ1v) is 6.00. The van der Waals surface area contributed by atoms with E-state index in [0.29, 0.717) is 0 Å². The molecule has 20 heavy (non-hydrogen) atoms. The van der Waals surface area contributed by atoms with Crippen LogP contribution in [0.5, 0.6) is 0 Å². The number of hydrogen-bond acceptors (Lipinski definition) is 12. The van der Waals surface area contributed by atoms with Crippen molar-refractivity contribution in [2.75, 3.05) is 0 Å². The van der Waals surface area contributed by atoms with Crippen LogP contribution in [-0.2, 0) is 48.3 Å². The topological polar surface area (TPSA) is 241 Å². The summed E-state index contributed by atoms with van der Waals surface area (Å²) in [6.07, 6.45) is 0. The molecule has 0 bridgehead atoms. The average Bonchev–Trinajstić information content (AvgIpc) is 1.41. The van der Waals surface area contributed by atoms with Crippen LogP contribution in [-0.4, -0.2) is 52.6 Å². The zero-order valence-electron chi connectivity index (χ0n) is 10.4. The Labute approximate surface area is 215 Å². The van der Waals surface area contributed by atoms with Gasteiger partial charge in [0.25, 0.3) is 0 Å². The molecule has 20 heteroatoms. The van der Waals surface area contributed by atoms with Crippen LogP contribution in [0.15, 0.2) is 0 Å². The Morgan fingerprint density at radius 2 is 0.400 bits per heavy atom. The fraction of sp³-hybridized carbons (Fsp3) is 0. The number of rotatable bonds is 0. The molecule has 1 radical (unpaired) electrons. The smallest absolute Gasteiger partial charge is 0.759 e. The standard InChI is InChI=1S/Cu.4Na.3H2O4S/c;;;;;3*1-5(2,3)4/h;;;;;3*(H2,1,2,3,4)/q+2;4*+1;;;/p-6. The van der Waals surface area contributed by atoms with Crippen LogP contribution in [0.2, 0.25) is 0 Å². The van der Waals surface area contributed by atoms with Crippen LogP contribution in [0.3, 0.4) is 0 Å². The van der Waals surface area contributed by atoms with E-state index < -0.39 is 31.2 Å². The molecule has 0 aliphatic heterocycles. The summed E-state index contributed by atoms with van der Waals surface area (Å²) in [6, 6.07) is 0. The van der Waals surface area contributed by atoms with E-state index in [2.05, 4.69) is 0 Å². The zero-order chi connectivity index (χ0) is 13.5. The molecule has 0 aromatic heterocycles. The van der Waals surface area contributed by atoms with Crippen LogP contribution in [0.1, 0.15) is 0 Å². The zero-order valence-corrected chi connectivity index (χ0v) is 21.8. The molecule has 12 nitrogen and oxygen atoms in total. The molecule has 0 atom stereocenters. The van der Waals surface area contributed by atoms with Crippen LogP contribution in [0.4, 0.5) is 0 Å². The summed E-state index contributed by atoms with van der Waals surface area (Å²) >= 11 is 0. The van der Waals surface area contributed by atoms with Crippen LogP contribution < -0.4 is 118 Å². The second kappa shape index (κ2) is 23.1. The summed E-state index contributed by atoms with van der Waals surface area (Å²) in [7, 11) is -15.5. The van der Waals surface area contributed by atoms with E-state index in [1.165, 1.54) is 0 Å². The summed E-state index contributed by atoms with van der Waals surface area (Å²) in [4.78, 5) is 0. The minimum Gasteiger partial charge on any atom is -0.759 e. The molecule has 0 saturated heterocycles. The van der Waals surface area contributed by atoms with Crippen LogP contribution in [0.25, 0.3) is 0 Å². The molecule has 0 heterocycles. The maximum absolute atomic E-state index is 8.52. The SMILES string of the molecule is O=S(=O)([O-])[O-].O=S(=O)([O-])[O-].O=S(=O)([O-])[O-].[Cu+2].[Na+].[Na+].[Na+].[Na+]. The van der Waals surface area contributed by atoms with E-state index in [4.69, 9.17) is 52.6 Å². The van der Waals surface area contributed by atoms with Gasteiger partial charge in [-0.15, -0.1) is 0 Å². The van der Waals surface area contributed by atoms with Gasteiger partial charge in [0.05, 0.1) is 0 Å². The van der Waals surface area contributed by atoms with Crippen LogP contribution >= 0.6 is 0 Å². The maximum atomic E-state index is 8.52. The third kappa shape index (κ3) is 579. The monoisotopic (exact) mass is 443 g/mol. The summed E-state index contributed by atoms with van der Waals surface area (Å²) < 4.78 is 102. The van der Waals surface area contributed by atoms with Gasteiger partial charge in [0.2, 0.25) is 0 Å².